The van der Waals surface area contributed by atoms with E-state index in [2.05, 4.69) is 20.4 Å². The van der Waals surface area contributed by atoms with E-state index in [9.17, 15) is 4.39 Å². The molecule has 0 amide bonds. The van der Waals surface area contributed by atoms with Gasteiger partial charge in [0.15, 0.2) is 11.6 Å². The number of hydrogen-bond donors (Lipinski definition) is 1. The van der Waals surface area contributed by atoms with Gasteiger partial charge in [-0.3, -0.25) is 0 Å². The molecule has 2 heterocycles. The van der Waals surface area contributed by atoms with Crippen LogP contribution in [0.3, 0.4) is 0 Å². The number of nitrogens with one attached hydrogen (secondary N) is 1. The Labute approximate surface area is 155 Å². The first-order valence-electron chi connectivity index (χ1n) is 8.50. The summed E-state index contributed by atoms with van der Waals surface area (Å²) in [7, 11) is 1.44. The van der Waals surface area contributed by atoms with Crippen molar-refractivity contribution >= 4 is 16.7 Å². The van der Waals surface area contributed by atoms with Crippen LogP contribution < -0.4 is 10.1 Å². The van der Waals surface area contributed by atoms with Crippen molar-refractivity contribution < 1.29 is 9.13 Å². The molecule has 4 rings (SSSR count). The highest BCUT2D eigenvalue weighted by Gasteiger charge is 2.13. The zero-order valence-corrected chi connectivity index (χ0v) is 14.9. The van der Waals surface area contributed by atoms with E-state index in [4.69, 9.17) is 4.74 Å². The third kappa shape index (κ3) is 3.31. The lowest BCUT2D eigenvalue weighted by Crippen LogP contribution is -2.09. The minimum atomic E-state index is -0.447. The Hall–Kier alpha value is -3.48. The van der Waals surface area contributed by atoms with E-state index in [0.717, 1.165) is 11.3 Å². The zero-order valence-electron chi connectivity index (χ0n) is 14.9. The first-order valence-corrected chi connectivity index (χ1v) is 8.50. The monoisotopic (exact) mass is 363 g/mol. The van der Waals surface area contributed by atoms with Crippen molar-refractivity contribution in [3.05, 3.63) is 72.6 Å². The standard InChI is InChI=1S/C20H18FN5O/c1-13(14-4-6-15(7-5-14)26-9-3-8-24-26)25-20-16-10-19(27-2)17(21)11-18(16)22-12-23-20/h3-13H,1-2H3,(H,22,23,25). The molecule has 1 atom stereocenters. The second kappa shape index (κ2) is 7.03. The summed E-state index contributed by atoms with van der Waals surface area (Å²) in [4.78, 5) is 8.46. The van der Waals surface area contributed by atoms with E-state index in [1.807, 2.05) is 43.5 Å². The number of hydrogen-bond acceptors (Lipinski definition) is 5. The van der Waals surface area contributed by atoms with Crippen LogP contribution in [-0.4, -0.2) is 26.9 Å². The van der Waals surface area contributed by atoms with Crippen molar-refractivity contribution in [2.45, 2.75) is 13.0 Å². The minimum absolute atomic E-state index is 0.00850. The van der Waals surface area contributed by atoms with Gasteiger partial charge in [0.25, 0.3) is 0 Å². The fraction of sp³-hybridized carbons (Fsp3) is 0.150. The van der Waals surface area contributed by atoms with Crippen molar-refractivity contribution in [2.24, 2.45) is 0 Å². The Morgan fingerprint density at radius 2 is 1.96 bits per heavy atom. The molecular weight excluding hydrogens is 345 g/mol. The van der Waals surface area contributed by atoms with Gasteiger partial charge in [0.2, 0.25) is 0 Å². The van der Waals surface area contributed by atoms with Crippen LogP contribution in [-0.2, 0) is 0 Å². The number of halogens is 1. The molecule has 2 aromatic carbocycles. The van der Waals surface area contributed by atoms with Crippen LogP contribution in [0.2, 0.25) is 0 Å². The molecule has 1 N–H and O–H groups in total. The number of rotatable bonds is 5. The zero-order chi connectivity index (χ0) is 18.8. The van der Waals surface area contributed by atoms with Crippen LogP contribution in [0.25, 0.3) is 16.6 Å². The third-order valence-electron chi connectivity index (χ3n) is 4.42. The van der Waals surface area contributed by atoms with Crippen LogP contribution in [0, 0.1) is 5.82 Å². The van der Waals surface area contributed by atoms with E-state index in [1.165, 1.54) is 19.5 Å². The number of benzene rings is 2. The predicted molar refractivity (Wildman–Crippen MR) is 102 cm³/mol. The summed E-state index contributed by atoms with van der Waals surface area (Å²) in [5, 5.41) is 8.31. The topological polar surface area (TPSA) is 64.9 Å². The van der Waals surface area contributed by atoms with E-state index in [0.29, 0.717) is 16.7 Å². The van der Waals surface area contributed by atoms with Crippen molar-refractivity contribution in [2.75, 3.05) is 12.4 Å². The number of aromatic nitrogens is 4. The van der Waals surface area contributed by atoms with Crippen LogP contribution in [0.4, 0.5) is 10.2 Å². The SMILES string of the molecule is COc1cc2c(NC(C)c3ccc(-n4cccn4)cc3)ncnc2cc1F. The Kier molecular flexibility index (Phi) is 4.42. The van der Waals surface area contributed by atoms with Crippen molar-refractivity contribution in [3.8, 4) is 11.4 Å². The summed E-state index contributed by atoms with van der Waals surface area (Å²) >= 11 is 0. The molecule has 0 saturated carbocycles. The van der Waals surface area contributed by atoms with Gasteiger partial charge in [-0.1, -0.05) is 12.1 Å². The maximum absolute atomic E-state index is 13.9. The van der Waals surface area contributed by atoms with Gasteiger partial charge in [0.1, 0.15) is 12.1 Å². The molecule has 0 aliphatic heterocycles. The van der Waals surface area contributed by atoms with Gasteiger partial charge in [0, 0.05) is 29.9 Å². The van der Waals surface area contributed by atoms with Crippen LogP contribution >= 0.6 is 0 Å². The summed E-state index contributed by atoms with van der Waals surface area (Å²) in [5.41, 5.74) is 2.60. The van der Waals surface area contributed by atoms with Gasteiger partial charge >= 0.3 is 0 Å². The Morgan fingerprint density at radius 3 is 2.67 bits per heavy atom. The van der Waals surface area contributed by atoms with Crippen LogP contribution in [0.1, 0.15) is 18.5 Å². The minimum Gasteiger partial charge on any atom is -0.494 e. The highest BCUT2D eigenvalue weighted by molar-refractivity contribution is 5.90. The number of nitrogens with zero attached hydrogens (tertiary/aromatic N) is 4. The van der Waals surface area contributed by atoms with E-state index >= 15 is 0 Å². The average Bonchev–Trinajstić information content (AvgIpc) is 3.22. The quantitative estimate of drug-likeness (QED) is 0.577. The highest BCUT2D eigenvalue weighted by Crippen LogP contribution is 2.29. The molecule has 136 valence electrons. The summed E-state index contributed by atoms with van der Waals surface area (Å²) in [6.45, 7) is 2.04. The first-order chi connectivity index (χ1) is 13.2. The van der Waals surface area contributed by atoms with Gasteiger partial charge in [-0.2, -0.15) is 5.10 Å². The largest absolute Gasteiger partial charge is 0.494 e. The lowest BCUT2D eigenvalue weighted by Gasteiger charge is -2.17. The maximum atomic E-state index is 13.9. The van der Waals surface area contributed by atoms with Crippen molar-refractivity contribution in [1.82, 2.24) is 19.7 Å². The van der Waals surface area contributed by atoms with Crippen molar-refractivity contribution in [3.63, 3.8) is 0 Å². The number of fused-ring (bicyclic) bond motifs is 1. The molecule has 0 radical (unpaired) electrons. The van der Waals surface area contributed by atoms with Crippen LogP contribution in [0.5, 0.6) is 5.75 Å². The van der Waals surface area contributed by atoms with E-state index < -0.39 is 5.82 Å². The van der Waals surface area contributed by atoms with Gasteiger partial charge in [-0.15, -0.1) is 0 Å². The molecule has 0 saturated heterocycles. The predicted octanol–water partition coefficient (Wildman–Crippen LogP) is 4.14. The molecule has 0 spiro atoms. The molecule has 4 aromatic rings. The molecule has 6 nitrogen and oxygen atoms in total. The maximum Gasteiger partial charge on any atom is 0.167 e. The summed E-state index contributed by atoms with van der Waals surface area (Å²) in [6, 6.07) is 12.9. The van der Waals surface area contributed by atoms with Crippen molar-refractivity contribution in [1.29, 1.82) is 0 Å². The first kappa shape index (κ1) is 17.0. The third-order valence-corrected chi connectivity index (χ3v) is 4.42. The molecule has 0 bridgehead atoms. The fourth-order valence-electron chi connectivity index (χ4n) is 2.95. The lowest BCUT2D eigenvalue weighted by atomic mass is 10.1. The van der Waals surface area contributed by atoms with Gasteiger partial charge < -0.3 is 10.1 Å². The molecule has 1 unspecified atom stereocenters. The molecule has 0 fully saturated rings. The van der Waals surface area contributed by atoms with Gasteiger partial charge in [-0.25, -0.2) is 19.0 Å². The highest BCUT2D eigenvalue weighted by atomic mass is 19.1. The Morgan fingerprint density at radius 1 is 1.15 bits per heavy atom. The second-order valence-corrected chi connectivity index (χ2v) is 6.13. The molecular formula is C20H18FN5O. The van der Waals surface area contributed by atoms with Gasteiger partial charge in [0.05, 0.1) is 18.3 Å². The van der Waals surface area contributed by atoms with E-state index in [-0.39, 0.29) is 11.8 Å². The average molecular weight is 363 g/mol. The Bertz CT molecular complexity index is 1060. The van der Waals surface area contributed by atoms with Gasteiger partial charge in [-0.05, 0) is 36.8 Å². The fourth-order valence-corrected chi connectivity index (χ4v) is 2.95. The smallest absolute Gasteiger partial charge is 0.167 e. The molecule has 7 heteroatoms. The summed E-state index contributed by atoms with van der Waals surface area (Å²) in [5.74, 6) is 0.343. The Balaban J connectivity index is 1.61. The van der Waals surface area contributed by atoms with Crippen LogP contribution in [0.15, 0.2) is 61.2 Å². The summed E-state index contributed by atoms with van der Waals surface area (Å²) < 4.78 is 20.8. The number of ether oxygens (including phenoxy) is 1. The van der Waals surface area contributed by atoms with E-state index in [1.54, 1.807) is 16.9 Å². The second-order valence-electron chi connectivity index (χ2n) is 6.13. The number of methoxy groups -OCH3 is 1. The molecule has 0 aliphatic carbocycles. The summed E-state index contributed by atoms with van der Waals surface area (Å²) in [6.07, 6.45) is 5.07. The normalized spacial score (nSPS) is 12.1. The lowest BCUT2D eigenvalue weighted by molar-refractivity contribution is 0.387. The number of anilines is 1. The molecule has 2 aromatic heterocycles. The molecule has 27 heavy (non-hydrogen) atoms. The molecule has 0 aliphatic rings.